The van der Waals surface area contributed by atoms with Crippen molar-refractivity contribution in [2.45, 2.75) is 18.9 Å². The summed E-state index contributed by atoms with van der Waals surface area (Å²) < 4.78 is 1.69. The zero-order valence-corrected chi connectivity index (χ0v) is 14.0. The first kappa shape index (κ1) is 15.5. The van der Waals surface area contributed by atoms with Crippen molar-refractivity contribution in [2.24, 2.45) is 7.05 Å². The molecule has 0 radical (unpaired) electrons. The zero-order valence-electron chi connectivity index (χ0n) is 13.2. The van der Waals surface area contributed by atoms with Crippen molar-refractivity contribution in [2.75, 3.05) is 11.1 Å². The van der Waals surface area contributed by atoms with E-state index in [2.05, 4.69) is 20.4 Å². The molecule has 0 aliphatic heterocycles. The molecule has 118 valence electrons. The topological polar surface area (TPSA) is 72.7 Å². The lowest BCUT2D eigenvalue weighted by molar-refractivity contribution is -0.113. The maximum Gasteiger partial charge on any atom is 0.234 e. The molecule has 0 spiro atoms. The molecular formula is C16H17N5OS. The van der Waals surface area contributed by atoms with Gasteiger partial charge >= 0.3 is 0 Å². The van der Waals surface area contributed by atoms with Gasteiger partial charge in [-0.2, -0.15) is 5.10 Å². The highest BCUT2D eigenvalue weighted by Crippen LogP contribution is 2.25. The first-order chi connectivity index (χ1) is 11.1. The minimum atomic E-state index is -0.0527. The van der Waals surface area contributed by atoms with Crippen LogP contribution in [0.3, 0.4) is 0 Å². The lowest BCUT2D eigenvalue weighted by atomic mass is 10.1. The highest BCUT2D eigenvalue weighted by Gasteiger charge is 2.12. The Bertz CT molecular complexity index is 854. The first-order valence-electron chi connectivity index (χ1n) is 7.18. The van der Waals surface area contributed by atoms with Crippen LogP contribution < -0.4 is 5.32 Å². The minimum absolute atomic E-state index is 0.0527. The third-order valence-electron chi connectivity index (χ3n) is 3.58. The lowest BCUT2D eigenvalue weighted by Crippen LogP contribution is -2.15. The summed E-state index contributed by atoms with van der Waals surface area (Å²) in [5.41, 5.74) is 3.75. The smallest absolute Gasteiger partial charge is 0.234 e. The van der Waals surface area contributed by atoms with Crippen LogP contribution in [-0.4, -0.2) is 31.4 Å². The molecule has 2 heterocycles. The highest BCUT2D eigenvalue weighted by molar-refractivity contribution is 8.00. The van der Waals surface area contributed by atoms with Crippen molar-refractivity contribution in [1.82, 2.24) is 19.7 Å². The maximum absolute atomic E-state index is 12.2. The molecule has 0 fully saturated rings. The predicted molar refractivity (Wildman–Crippen MR) is 91.6 cm³/mol. The van der Waals surface area contributed by atoms with Crippen LogP contribution in [0.1, 0.15) is 11.1 Å². The van der Waals surface area contributed by atoms with E-state index >= 15 is 0 Å². The Morgan fingerprint density at radius 3 is 2.74 bits per heavy atom. The largest absolute Gasteiger partial charge is 0.325 e. The first-order valence-corrected chi connectivity index (χ1v) is 8.16. The number of hydrogen-bond donors (Lipinski definition) is 1. The molecule has 0 atom stereocenters. The van der Waals surface area contributed by atoms with Crippen molar-refractivity contribution >= 4 is 34.4 Å². The second kappa shape index (κ2) is 6.37. The third kappa shape index (κ3) is 3.19. The minimum Gasteiger partial charge on any atom is -0.325 e. The van der Waals surface area contributed by atoms with Crippen molar-refractivity contribution in [3.05, 3.63) is 41.9 Å². The number of thioether (sulfide) groups is 1. The number of aryl methyl sites for hydroxylation is 3. The van der Waals surface area contributed by atoms with E-state index in [-0.39, 0.29) is 11.7 Å². The van der Waals surface area contributed by atoms with E-state index in [0.717, 1.165) is 32.9 Å². The monoisotopic (exact) mass is 327 g/mol. The number of carbonyl (C=O) groups is 1. The van der Waals surface area contributed by atoms with Gasteiger partial charge in [-0.1, -0.05) is 30.0 Å². The number of carbonyl (C=O) groups excluding carboxylic acids is 1. The molecule has 0 aliphatic rings. The van der Waals surface area contributed by atoms with Gasteiger partial charge < -0.3 is 5.32 Å². The molecule has 3 rings (SSSR count). The molecule has 6 nitrogen and oxygen atoms in total. The van der Waals surface area contributed by atoms with E-state index in [1.54, 1.807) is 10.9 Å². The Morgan fingerprint density at radius 2 is 2.00 bits per heavy atom. The number of nitrogens with one attached hydrogen (secondary N) is 1. The van der Waals surface area contributed by atoms with Gasteiger partial charge in [-0.3, -0.25) is 9.48 Å². The Balaban J connectivity index is 1.71. The maximum atomic E-state index is 12.2. The fraction of sp³-hybridized carbons (Fsp3) is 0.250. The summed E-state index contributed by atoms with van der Waals surface area (Å²) in [5.74, 6) is 0.234. The van der Waals surface area contributed by atoms with Crippen LogP contribution in [0.25, 0.3) is 11.0 Å². The van der Waals surface area contributed by atoms with Gasteiger partial charge in [0, 0.05) is 12.7 Å². The summed E-state index contributed by atoms with van der Waals surface area (Å²) in [5, 5.41) is 8.78. The fourth-order valence-electron chi connectivity index (χ4n) is 2.38. The van der Waals surface area contributed by atoms with Gasteiger partial charge in [0.1, 0.15) is 11.4 Å². The van der Waals surface area contributed by atoms with Crippen LogP contribution in [-0.2, 0) is 11.8 Å². The molecular weight excluding hydrogens is 310 g/mol. The summed E-state index contributed by atoms with van der Waals surface area (Å²) in [6.07, 6.45) is 3.22. The van der Waals surface area contributed by atoms with Gasteiger partial charge in [-0.25, -0.2) is 9.97 Å². The summed E-state index contributed by atoms with van der Waals surface area (Å²) in [7, 11) is 1.83. The molecule has 1 aromatic carbocycles. The van der Waals surface area contributed by atoms with Crippen LogP contribution in [0.4, 0.5) is 5.69 Å². The number of rotatable bonds is 4. The molecule has 0 bridgehead atoms. The summed E-state index contributed by atoms with van der Waals surface area (Å²) >= 11 is 1.39. The Hall–Kier alpha value is -2.41. The van der Waals surface area contributed by atoms with Crippen molar-refractivity contribution < 1.29 is 4.79 Å². The van der Waals surface area contributed by atoms with Crippen LogP contribution in [0.15, 0.2) is 35.7 Å². The molecule has 0 saturated carbocycles. The molecule has 0 unspecified atom stereocenters. The number of nitrogens with zero attached hydrogens (tertiary/aromatic N) is 4. The van der Waals surface area contributed by atoms with E-state index in [1.807, 2.05) is 39.1 Å². The van der Waals surface area contributed by atoms with Gasteiger partial charge in [-0.05, 0) is 25.0 Å². The molecule has 1 N–H and O–H groups in total. The molecule has 23 heavy (non-hydrogen) atoms. The van der Waals surface area contributed by atoms with E-state index in [9.17, 15) is 4.79 Å². The normalized spacial score (nSPS) is 10.9. The number of anilines is 1. The highest BCUT2D eigenvalue weighted by atomic mass is 32.2. The van der Waals surface area contributed by atoms with Crippen molar-refractivity contribution in [3.63, 3.8) is 0 Å². The molecule has 7 heteroatoms. The van der Waals surface area contributed by atoms with Crippen LogP contribution in [0.2, 0.25) is 0 Å². The summed E-state index contributed by atoms with van der Waals surface area (Å²) in [6, 6.07) is 5.95. The summed E-state index contributed by atoms with van der Waals surface area (Å²) in [4.78, 5) is 20.7. The lowest BCUT2D eigenvalue weighted by Gasteiger charge is -2.11. The average molecular weight is 327 g/mol. The number of hydrogen-bond acceptors (Lipinski definition) is 5. The van der Waals surface area contributed by atoms with Gasteiger partial charge in [0.25, 0.3) is 0 Å². The SMILES string of the molecule is Cc1cccc(C)c1NC(=O)CSc1ncnc2c1cnn2C. The predicted octanol–water partition coefficient (Wildman–Crippen LogP) is 2.71. The Labute approximate surface area is 138 Å². The van der Waals surface area contributed by atoms with Gasteiger partial charge in [0.15, 0.2) is 5.65 Å². The van der Waals surface area contributed by atoms with Gasteiger partial charge in [0.05, 0.1) is 17.3 Å². The van der Waals surface area contributed by atoms with Crippen LogP contribution in [0, 0.1) is 13.8 Å². The number of amides is 1. The van der Waals surface area contributed by atoms with Crippen LogP contribution >= 0.6 is 11.8 Å². The summed E-state index contributed by atoms with van der Waals surface area (Å²) in [6.45, 7) is 3.97. The quantitative estimate of drug-likeness (QED) is 0.589. The van der Waals surface area contributed by atoms with E-state index in [1.165, 1.54) is 18.1 Å². The van der Waals surface area contributed by atoms with E-state index in [0.29, 0.717) is 0 Å². The standard InChI is InChI=1S/C16H17N5OS/c1-10-5-4-6-11(2)14(10)20-13(22)8-23-16-12-7-19-21(3)15(12)17-9-18-16/h4-7,9H,8H2,1-3H3,(H,20,22). The Morgan fingerprint density at radius 1 is 1.26 bits per heavy atom. The number of benzene rings is 1. The van der Waals surface area contributed by atoms with Gasteiger partial charge in [-0.15, -0.1) is 0 Å². The number of para-hydroxylation sites is 1. The third-order valence-corrected chi connectivity index (χ3v) is 4.58. The molecule has 1 amide bonds. The molecule has 0 saturated heterocycles. The second-order valence-corrected chi connectivity index (χ2v) is 6.25. The average Bonchev–Trinajstić information content (AvgIpc) is 2.91. The van der Waals surface area contributed by atoms with E-state index in [4.69, 9.17) is 0 Å². The Kier molecular flexibility index (Phi) is 4.29. The van der Waals surface area contributed by atoms with Gasteiger partial charge in [0.2, 0.25) is 5.91 Å². The second-order valence-electron chi connectivity index (χ2n) is 5.29. The fourth-order valence-corrected chi connectivity index (χ4v) is 3.14. The van der Waals surface area contributed by atoms with E-state index < -0.39 is 0 Å². The zero-order chi connectivity index (χ0) is 16.4. The molecule has 0 aliphatic carbocycles. The van der Waals surface area contributed by atoms with Crippen molar-refractivity contribution in [3.8, 4) is 0 Å². The van der Waals surface area contributed by atoms with Crippen LogP contribution in [0.5, 0.6) is 0 Å². The van der Waals surface area contributed by atoms with Crippen molar-refractivity contribution in [1.29, 1.82) is 0 Å². The molecule has 3 aromatic rings. The number of fused-ring (bicyclic) bond motifs is 1. The number of aromatic nitrogens is 4. The molecule has 2 aromatic heterocycles.